The van der Waals surface area contributed by atoms with Gasteiger partial charge in [-0.2, -0.15) is 20.4 Å². The van der Waals surface area contributed by atoms with Crippen molar-refractivity contribution in [2.24, 2.45) is 0 Å². The first kappa shape index (κ1) is 35.5. The largest absolute Gasteiger partial charge is 0.443 e. The third-order valence-electron chi connectivity index (χ3n) is 4.94. The first-order valence-electron chi connectivity index (χ1n) is 13.0. The maximum atomic E-state index is 13.1. The fraction of sp³-hybridized carbons (Fsp3) is 0.680. The van der Waals surface area contributed by atoms with Gasteiger partial charge in [-0.05, 0) is 47.6 Å². The predicted octanol–water partition coefficient (Wildman–Crippen LogP) is 4.49. The molecular formula is C25H37N5O10P2. The Hall–Kier alpha value is -2.74. The quantitative estimate of drug-likeness (QED) is 0.220. The molecule has 0 N–H and O–H groups in total. The highest BCUT2D eigenvalue weighted by atomic mass is 31.1. The Morgan fingerprint density at radius 2 is 1.60 bits per heavy atom. The normalized spacial score (nSPS) is 19.2. The van der Waals surface area contributed by atoms with E-state index in [-0.39, 0.29) is 63.0 Å². The Balaban J connectivity index is 2.22. The van der Waals surface area contributed by atoms with Gasteiger partial charge in [-0.3, -0.25) is 4.57 Å². The van der Waals surface area contributed by atoms with E-state index in [0.717, 1.165) is 0 Å². The van der Waals surface area contributed by atoms with Crippen LogP contribution in [0.1, 0.15) is 67.0 Å². The zero-order valence-electron chi connectivity index (χ0n) is 24.4. The van der Waals surface area contributed by atoms with Crippen molar-refractivity contribution in [2.75, 3.05) is 24.7 Å². The van der Waals surface area contributed by atoms with E-state index in [0.29, 0.717) is 4.90 Å². The van der Waals surface area contributed by atoms with E-state index in [1.165, 1.54) is 16.8 Å². The lowest BCUT2D eigenvalue weighted by atomic mass is 10.2. The average molecular weight is 630 g/mol. The van der Waals surface area contributed by atoms with Crippen LogP contribution in [0, 0.1) is 22.7 Å². The molecule has 1 fully saturated rings. The second-order valence-corrected chi connectivity index (χ2v) is 12.2. The van der Waals surface area contributed by atoms with Gasteiger partial charge in [0.1, 0.15) is 23.5 Å². The van der Waals surface area contributed by atoms with Gasteiger partial charge in [-0.1, -0.05) is 0 Å². The molecule has 17 heteroatoms. The fourth-order valence-electron chi connectivity index (χ4n) is 3.30. The van der Waals surface area contributed by atoms with Gasteiger partial charge >= 0.3 is 17.9 Å². The summed E-state index contributed by atoms with van der Waals surface area (Å²) in [6, 6.07) is 5.25. The summed E-state index contributed by atoms with van der Waals surface area (Å²) in [4.78, 5) is 43.5. The number of hydrogen-bond donors (Lipinski definition) is 0. The third-order valence-corrected chi connectivity index (χ3v) is 6.27. The van der Waals surface area contributed by atoms with Crippen LogP contribution in [0.2, 0.25) is 0 Å². The summed E-state index contributed by atoms with van der Waals surface area (Å²) >= 11 is 0. The van der Waals surface area contributed by atoms with Crippen molar-refractivity contribution in [1.29, 1.82) is 10.5 Å². The van der Waals surface area contributed by atoms with Crippen LogP contribution in [0.25, 0.3) is 0 Å². The first-order chi connectivity index (χ1) is 19.8. The molecule has 5 atom stereocenters. The van der Waals surface area contributed by atoms with E-state index < -0.39 is 47.5 Å². The number of imide groups is 1. The van der Waals surface area contributed by atoms with Gasteiger partial charge in [0.25, 0.3) is 0 Å². The number of carbonyl (C=O) groups excluding carboxylic acids is 2. The minimum atomic E-state index is -1.06. The number of carbonyl (C=O) groups is 2. The summed E-state index contributed by atoms with van der Waals surface area (Å²) in [7, 11) is -0.701. The minimum Gasteiger partial charge on any atom is -0.443 e. The SMILES string of the molecule is CC(C)(C)OC(=O)N(C(=O)OC(C)(C)C)c1ccn([C@H]2C[C@H](OPOCCC#N)[C@@H](COPOCCC#N)O2)c(=O)n1. The van der Waals surface area contributed by atoms with E-state index in [1.807, 2.05) is 12.1 Å². The molecule has 0 spiro atoms. The van der Waals surface area contributed by atoms with Crippen molar-refractivity contribution < 1.29 is 41.9 Å². The predicted molar refractivity (Wildman–Crippen MR) is 152 cm³/mol. The van der Waals surface area contributed by atoms with Gasteiger partial charge in [0, 0.05) is 12.6 Å². The highest BCUT2D eigenvalue weighted by Gasteiger charge is 2.39. The zero-order valence-corrected chi connectivity index (χ0v) is 26.4. The molecule has 1 aromatic heterocycles. The molecule has 2 rings (SSSR count). The average Bonchev–Trinajstić information content (AvgIpc) is 3.26. The Bertz CT molecular complexity index is 1160. The van der Waals surface area contributed by atoms with E-state index in [1.54, 1.807) is 41.5 Å². The summed E-state index contributed by atoms with van der Waals surface area (Å²) < 4.78 is 39.9. The van der Waals surface area contributed by atoms with E-state index in [4.69, 9.17) is 42.8 Å². The van der Waals surface area contributed by atoms with Gasteiger partial charge in [0.05, 0.1) is 50.9 Å². The number of amides is 2. The lowest BCUT2D eigenvalue weighted by molar-refractivity contribution is -0.0361. The monoisotopic (exact) mass is 629 g/mol. The number of anilines is 1. The summed E-state index contributed by atoms with van der Waals surface area (Å²) in [5, 5.41) is 17.3. The van der Waals surface area contributed by atoms with Crippen molar-refractivity contribution in [3.8, 4) is 12.1 Å². The molecule has 1 aromatic rings. The third kappa shape index (κ3) is 12.2. The van der Waals surface area contributed by atoms with Crippen LogP contribution in [-0.4, -0.2) is 65.0 Å². The number of rotatable bonds is 13. The molecule has 0 bridgehead atoms. The molecule has 1 saturated heterocycles. The van der Waals surface area contributed by atoms with Crippen LogP contribution >= 0.6 is 18.1 Å². The summed E-state index contributed by atoms with van der Waals surface area (Å²) in [6.07, 6.45) is -2.06. The molecule has 0 saturated carbocycles. The summed E-state index contributed by atoms with van der Waals surface area (Å²) in [5.41, 5.74) is -2.67. The van der Waals surface area contributed by atoms with Crippen molar-refractivity contribution in [3.63, 3.8) is 0 Å². The number of ether oxygens (including phenoxy) is 3. The number of aromatic nitrogens is 2. The molecule has 2 heterocycles. The molecule has 232 valence electrons. The van der Waals surface area contributed by atoms with Gasteiger partial charge in [-0.15, -0.1) is 0 Å². The summed E-state index contributed by atoms with van der Waals surface area (Å²) in [5.74, 6) is -0.284. The molecule has 1 aliphatic rings. The van der Waals surface area contributed by atoms with Crippen LogP contribution in [0.5, 0.6) is 0 Å². The Morgan fingerprint density at radius 3 is 2.12 bits per heavy atom. The number of hydrogen-bond acceptors (Lipinski definition) is 13. The van der Waals surface area contributed by atoms with Gasteiger partial charge in [0.2, 0.25) is 0 Å². The second-order valence-electron chi connectivity index (χ2n) is 10.8. The molecule has 2 amide bonds. The van der Waals surface area contributed by atoms with E-state index >= 15 is 0 Å². The molecule has 2 unspecified atom stereocenters. The van der Waals surface area contributed by atoms with E-state index in [2.05, 4.69) is 4.98 Å². The van der Waals surface area contributed by atoms with Gasteiger partial charge in [-0.25, -0.2) is 14.4 Å². The Morgan fingerprint density at radius 1 is 1.02 bits per heavy atom. The maximum absolute atomic E-state index is 13.1. The Labute approximate surface area is 248 Å². The van der Waals surface area contributed by atoms with Crippen molar-refractivity contribution in [3.05, 3.63) is 22.7 Å². The molecule has 1 aliphatic heterocycles. The van der Waals surface area contributed by atoms with Crippen molar-refractivity contribution in [2.45, 2.75) is 90.4 Å². The molecule has 15 nitrogen and oxygen atoms in total. The first-order valence-corrected chi connectivity index (χ1v) is 14.6. The highest BCUT2D eigenvalue weighted by molar-refractivity contribution is 7.26. The zero-order chi connectivity index (χ0) is 31.3. The smallest absolute Gasteiger partial charge is 0.425 e. The topological polar surface area (TPSA) is 184 Å². The van der Waals surface area contributed by atoms with Crippen LogP contribution in [0.15, 0.2) is 17.1 Å². The molecule has 0 radical (unpaired) electrons. The lowest BCUT2D eigenvalue weighted by Crippen LogP contribution is -2.45. The lowest BCUT2D eigenvalue weighted by Gasteiger charge is -2.28. The van der Waals surface area contributed by atoms with Crippen LogP contribution in [0.4, 0.5) is 15.4 Å². The van der Waals surface area contributed by atoms with Gasteiger partial charge in [0.15, 0.2) is 23.9 Å². The fourth-order valence-corrected chi connectivity index (χ4v) is 4.43. The molecular weight excluding hydrogens is 592 g/mol. The number of nitrogens with zero attached hydrogens (tertiary/aromatic N) is 5. The standard InChI is InChI=1S/C25H37N5O10P2/c1-24(2,3)38-22(32)30(23(33)39-25(4,5)6)19-9-12-29(21(31)28-19)20-15-17(40-42-35-14-8-11-27)18(37-20)16-36-41-34-13-7-10-26/h9,12,17-18,20,41-42H,7-8,13-16H2,1-6H3/t17-,18+,20+/m0/s1. The van der Waals surface area contributed by atoms with Crippen molar-refractivity contribution >= 4 is 36.1 Å². The molecule has 0 aromatic carbocycles. The second kappa shape index (κ2) is 16.8. The maximum Gasteiger partial charge on any atom is 0.425 e. The summed E-state index contributed by atoms with van der Waals surface area (Å²) in [6.45, 7) is 10.3. The van der Waals surface area contributed by atoms with E-state index in [9.17, 15) is 14.4 Å². The highest BCUT2D eigenvalue weighted by Crippen LogP contribution is 2.35. The molecule has 42 heavy (non-hydrogen) atoms. The van der Waals surface area contributed by atoms with Crippen LogP contribution in [0.3, 0.4) is 0 Å². The number of nitriles is 2. The Kier molecular flexibility index (Phi) is 14.2. The van der Waals surface area contributed by atoms with Crippen LogP contribution < -0.4 is 10.6 Å². The van der Waals surface area contributed by atoms with Crippen molar-refractivity contribution in [1.82, 2.24) is 9.55 Å². The molecule has 0 aliphatic carbocycles. The minimum absolute atomic E-state index is 0.0696. The van der Waals surface area contributed by atoms with Crippen LogP contribution in [-0.2, 0) is 32.3 Å². The van der Waals surface area contributed by atoms with Gasteiger partial charge < -0.3 is 32.3 Å².